The second-order valence-electron chi connectivity index (χ2n) is 0.408. The van der Waals surface area contributed by atoms with Gasteiger partial charge in [0.15, 0.2) is 0 Å². The van der Waals surface area contributed by atoms with Gasteiger partial charge in [0.1, 0.15) is 0 Å². The molecule has 0 fully saturated rings. The van der Waals surface area contributed by atoms with E-state index >= 15 is 0 Å². The number of rotatable bonds is 0. The molecule has 0 atom stereocenters. The van der Waals surface area contributed by atoms with E-state index in [4.69, 9.17) is 17.5 Å². The van der Waals surface area contributed by atoms with Crippen LogP contribution >= 0.6 is 0 Å². The van der Waals surface area contributed by atoms with E-state index in [1.165, 1.54) is 0 Å². The molecule has 0 aromatic carbocycles. The van der Waals surface area contributed by atoms with Gasteiger partial charge >= 0.3 is 100 Å². The molecular formula is BaKO4S+. The first-order valence-electron chi connectivity index (χ1n) is 0.667. The first-order valence-corrected chi connectivity index (χ1v) is 2.00. The standard InChI is InChI=1S/Ba.K.H2O4S/c;;1-5(2,3)4/h;;(H2,1,2,3,4)/q+2;+1;/p-2. The Balaban J connectivity index is -0.0000000800. The van der Waals surface area contributed by atoms with Gasteiger partial charge in [0.25, 0.3) is 0 Å². The molecule has 0 rings (SSSR count). The van der Waals surface area contributed by atoms with Crippen molar-refractivity contribution in [3.63, 3.8) is 0 Å². The van der Waals surface area contributed by atoms with E-state index in [1.807, 2.05) is 0 Å². The topological polar surface area (TPSA) is 80.3 Å². The third kappa shape index (κ3) is 48.0. The fourth-order valence-electron chi connectivity index (χ4n) is 0. The summed E-state index contributed by atoms with van der Waals surface area (Å²) in [5, 5.41) is 0. The summed E-state index contributed by atoms with van der Waals surface area (Å²) in [5.41, 5.74) is 0. The molecule has 0 bridgehead atoms. The summed E-state index contributed by atoms with van der Waals surface area (Å²) in [7, 11) is -5.17. The molecule has 4 nitrogen and oxygen atoms in total. The zero-order valence-electron chi connectivity index (χ0n) is 3.75. The van der Waals surface area contributed by atoms with Crippen molar-refractivity contribution in [3.8, 4) is 0 Å². The largest absolute Gasteiger partial charge is 2.00 e. The quantitative estimate of drug-likeness (QED) is 0.252. The fourth-order valence-corrected chi connectivity index (χ4v) is 0. The third-order valence-corrected chi connectivity index (χ3v) is 0. The summed E-state index contributed by atoms with van der Waals surface area (Å²) in [6.45, 7) is 0. The van der Waals surface area contributed by atoms with E-state index in [0.717, 1.165) is 0 Å². The monoisotopic (exact) mass is 273 g/mol. The van der Waals surface area contributed by atoms with Crippen molar-refractivity contribution in [2.45, 2.75) is 0 Å². The van der Waals surface area contributed by atoms with Crippen molar-refractivity contribution in [1.82, 2.24) is 0 Å². The van der Waals surface area contributed by atoms with E-state index in [-0.39, 0.29) is 100 Å². The average molecular weight is 272 g/mol. The smallest absolute Gasteiger partial charge is 0.759 e. The Hall–Kier alpha value is 3.08. The fraction of sp³-hybridized carbons (Fsp3) is 0. The van der Waals surface area contributed by atoms with Crippen LogP contribution in [0.25, 0.3) is 0 Å². The molecule has 0 unspecified atom stereocenters. The Labute approximate surface area is 125 Å². The molecule has 0 aromatic rings. The maximum atomic E-state index is 8.52. The van der Waals surface area contributed by atoms with Gasteiger partial charge in [0.2, 0.25) is 0 Å². The van der Waals surface area contributed by atoms with Crippen molar-refractivity contribution >= 4 is 59.3 Å². The zero-order valence-corrected chi connectivity index (χ0v) is 12.1. The molecule has 0 saturated carbocycles. The molecule has 0 aliphatic heterocycles. The molecule has 7 heteroatoms. The van der Waals surface area contributed by atoms with Crippen molar-refractivity contribution in [3.05, 3.63) is 0 Å². The molecule has 32 valence electrons. The van der Waals surface area contributed by atoms with Crippen molar-refractivity contribution in [1.29, 1.82) is 0 Å². The predicted molar refractivity (Wildman–Crippen MR) is 16.2 cm³/mol. The van der Waals surface area contributed by atoms with Crippen LogP contribution in [0.1, 0.15) is 0 Å². The molecule has 0 radical (unpaired) electrons. The minimum atomic E-state index is -5.17. The van der Waals surface area contributed by atoms with E-state index < -0.39 is 10.4 Å². The van der Waals surface area contributed by atoms with Crippen LogP contribution in [0.4, 0.5) is 0 Å². The SMILES string of the molecule is O=S(=O)([O-])[O-].[Ba+2].[K+]. The van der Waals surface area contributed by atoms with Crippen LogP contribution < -0.4 is 51.4 Å². The van der Waals surface area contributed by atoms with Gasteiger partial charge < -0.3 is 9.11 Å². The molecule has 0 aliphatic rings. The first kappa shape index (κ1) is 16.6. The Morgan fingerprint density at radius 1 is 1.14 bits per heavy atom. The van der Waals surface area contributed by atoms with Crippen LogP contribution in [0.2, 0.25) is 0 Å². The maximum Gasteiger partial charge on any atom is 2.00 e. The van der Waals surface area contributed by atoms with E-state index in [0.29, 0.717) is 0 Å². The van der Waals surface area contributed by atoms with Gasteiger partial charge in [-0.05, 0) is 0 Å². The average Bonchev–Trinajstić information content (AvgIpc) is 0.722. The molecule has 0 amide bonds. The van der Waals surface area contributed by atoms with Crippen LogP contribution in [-0.4, -0.2) is 66.4 Å². The molecule has 0 N–H and O–H groups in total. The van der Waals surface area contributed by atoms with Gasteiger partial charge in [-0.25, -0.2) is 0 Å². The molecule has 0 aromatic heterocycles. The first-order chi connectivity index (χ1) is 2.00. The number of hydrogen-bond acceptors (Lipinski definition) is 4. The van der Waals surface area contributed by atoms with Gasteiger partial charge in [0, 0.05) is 10.4 Å². The molecule has 7 heavy (non-hydrogen) atoms. The Bertz CT molecular complexity index is 94.9. The van der Waals surface area contributed by atoms with Crippen LogP contribution in [0.15, 0.2) is 0 Å². The van der Waals surface area contributed by atoms with Gasteiger partial charge in [0.05, 0.1) is 0 Å². The molecule has 0 aliphatic carbocycles. The Morgan fingerprint density at radius 3 is 1.14 bits per heavy atom. The van der Waals surface area contributed by atoms with E-state index in [1.54, 1.807) is 0 Å². The van der Waals surface area contributed by atoms with E-state index in [2.05, 4.69) is 0 Å². The maximum absolute atomic E-state index is 8.52. The zero-order chi connectivity index (χ0) is 4.50. The summed E-state index contributed by atoms with van der Waals surface area (Å²) < 4.78 is 34.1. The summed E-state index contributed by atoms with van der Waals surface area (Å²) in [4.78, 5) is 0. The van der Waals surface area contributed by atoms with Gasteiger partial charge in [-0.3, -0.25) is 8.42 Å². The third-order valence-electron chi connectivity index (χ3n) is 0. The molecular weight excluding hydrogens is 272 g/mol. The second-order valence-corrected chi connectivity index (χ2v) is 1.22. The Kier molecular flexibility index (Phi) is 17.0. The summed E-state index contributed by atoms with van der Waals surface area (Å²) in [6, 6.07) is 0. The van der Waals surface area contributed by atoms with Gasteiger partial charge in [-0.1, -0.05) is 0 Å². The normalized spacial score (nSPS) is 8.29. The molecule has 0 heterocycles. The summed E-state index contributed by atoms with van der Waals surface area (Å²) in [5.74, 6) is 0. The second kappa shape index (κ2) is 7.19. The van der Waals surface area contributed by atoms with Crippen LogP contribution in [-0.2, 0) is 10.4 Å². The van der Waals surface area contributed by atoms with Crippen LogP contribution in [0.3, 0.4) is 0 Å². The van der Waals surface area contributed by atoms with Crippen molar-refractivity contribution < 1.29 is 68.9 Å². The van der Waals surface area contributed by atoms with Crippen molar-refractivity contribution in [2.75, 3.05) is 0 Å². The molecule has 0 saturated heterocycles. The van der Waals surface area contributed by atoms with Crippen LogP contribution in [0, 0.1) is 0 Å². The minimum absolute atomic E-state index is 0. The predicted octanol–water partition coefficient (Wildman–Crippen LogP) is -4.71. The van der Waals surface area contributed by atoms with E-state index in [9.17, 15) is 0 Å². The summed E-state index contributed by atoms with van der Waals surface area (Å²) in [6.07, 6.45) is 0. The summed E-state index contributed by atoms with van der Waals surface area (Å²) >= 11 is 0. The minimum Gasteiger partial charge on any atom is -0.759 e. The van der Waals surface area contributed by atoms with Crippen LogP contribution in [0.5, 0.6) is 0 Å². The van der Waals surface area contributed by atoms with Crippen molar-refractivity contribution in [2.24, 2.45) is 0 Å². The van der Waals surface area contributed by atoms with Gasteiger partial charge in [-0.15, -0.1) is 0 Å². The van der Waals surface area contributed by atoms with Gasteiger partial charge in [-0.2, -0.15) is 0 Å². The number of hydrogen-bond donors (Lipinski definition) is 0. The Morgan fingerprint density at radius 2 is 1.14 bits per heavy atom. The molecule has 0 spiro atoms.